The molecule has 0 radical (unpaired) electrons. The van der Waals surface area contributed by atoms with Gasteiger partial charge in [0.05, 0.1) is 13.1 Å². The molecule has 36 heavy (non-hydrogen) atoms. The highest BCUT2D eigenvalue weighted by Gasteiger charge is 2.30. The molecule has 4 aromatic carbocycles. The third-order valence-electron chi connectivity index (χ3n) is 7.14. The third kappa shape index (κ3) is 6.77. The van der Waals surface area contributed by atoms with Gasteiger partial charge in [0.15, 0.2) is 0 Å². The Morgan fingerprint density at radius 1 is 0.444 bits per heavy atom. The van der Waals surface area contributed by atoms with Crippen LogP contribution in [0.4, 0.5) is 0 Å². The van der Waals surface area contributed by atoms with Crippen LogP contribution in [0.25, 0.3) is 0 Å². The van der Waals surface area contributed by atoms with Crippen molar-refractivity contribution in [2.75, 3.05) is 13.1 Å². The average molecular weight is 479 g/mol. The molecule has 184 valence electrons. The summed E-state index contributed by atoms with van der Waals surface area (Å²) in [6.07, 6.45) is 3.95. The number of benzene rings is 4. The van der Waals surface area contributed by atoms with Gasteiger partial charge in [0.25, 0.3) is 0 Å². The highest BCUT2D eigenvalue weighted by atomic mass is 16.5. The molecule has 3 nitrogen and oxygen atoms in total. The first-order valence-corrected chi connectivity index (χ1v) is 13.1. The maximum atomic E-state index is 6.00. The van der Waals surface area contributed by atoms with Crippen LogP contribution in [0.15, 0.2) is 109 Å². The lowest BCUT2D eigenvalue weighted by Gasteiger charge is -2.42. The van der Waals surface area contributed by atoms with Crippen molar-refractivity contribution in [1.82, 2.24) is 0 Å². The van der Waals surface area contributed by atoms with E-state index in [1.54, 1.807) is 0 Å². The predicted octanol–water partition coefficient (Wildman–Crippen LogP) is 7.55. The normalized spacial score (nSPS) is 14.8. The Labute approximate surface area is 215 Å². The molecule has 3 heteroatoms. The number of quaternary nitrogens is 1. The zero-order valence-electron chi connectivity index (χ0n) is 21.0. The van der Waals surface area contributed by atoms with Gasteiger partial charge in [-0.05, 0) is 78.9 Å². The third-order valence-corrected chi connectivity index (χ3v) is 7.14. The average Bonchev–Trinajstić information content (AvgIpc) is 2.94. The summed E-state index contributed by atoms with van der Waals surface area (Å²) in [5.41, 5.74) is 5.14. The van der Waals surface area contributed by atoms with Crippen molar-refractivity contribution in [3.05, 3.63) is 131 Å². The zero-order valence-corrected chi connectivity index (χ0v) is 21.0. The molecule has 0 aliphatic carbocycles. The number of rotatable bonds is 10. The minimum atomic E-state index is 0.602. The van der Waals surface area contributed by atoms with Crippen molar-refractivity contribution in [2.45, 2.75) is 45.6 Å². The number of likely N-dealkylation sites (tertiary alicyclic amines) is 1. The van der Waals surface area contributed by atoms with Crippen LogP contribution in [0.3, 0.4) is 0 Å². The van der Waals surface area contributed by atoms with E-state index in [0.29, 0.717) is 13.2 Å². The topological polar surface area (TPSA) is 18.5 Å². The van der Waals surface area contributed by atoms with Gasteiger partial charge in [-0.15, -0.1) is 0 Å². The SMILES string of the molecule is c1ccc(COc2ccc(C[N+]3(Cc4ccc(OCc5ccccc5)cc4)CCCCC3)cc2)cc1. The van der Waals surface area contributed by atoms with Gasteiger partial charge >= 0.3 is 0 Å². The summed E-state index contributed by atoms with van der Waals surface area (Å²) in [7, 11) is 0. The van der Waals surface area contributed by atoms with Gasteiger partial charge in [-0.3, -0.25) is 0 Å². The largest absolute Gasteiger partial charge is 0.489 e. The summed E-state index contributed by atoms with van der Waals surface area (Å²) in [6, 6.07) is 38.1. The van der Waals surface area contributed by atoms with Crippen molar-refractivity contribution < 1.29 is 14.0 Å². The van der Waals surface area contributed by atoms with Crippen molar-refractivity contribution in [2.24, 2.45) is 0 Å². The van der Waals surface area contributed by atoms with Gasteiger partial charge in [0.1, 0.15) is 37.8 Å². The van der Waals surface area contributed by atoms with Crippen molar-refractivity contribution in [3.8, 4) is 11.5 Å². The Balaban J connectivity index is 1.20. The Kier molecular flexibility index (Phi) is 7.99. The van der Waals surface area contributed by atoms with Crippen molar-refractivity contribution in [1.29, 1.82) is 0 Å². The fourth-order valence-corrected chi connectivity index (χ4v) is 5.19. The lowest BCUT2D eigenvalue weighted by Crippen LogP contribution is -2.49. The smallest absolute Gasteiger partial charge is 0.119 e. The van der Waals surface area contributed by atoms with E-state index in [1.807, 2.05) is 12.1 Å². The van der Waals surface area contributed by atoms with E-state index in [0.717, 1.165) is 29.1 Å². The van der Waals surface area contributed by atoms with E-state index in [4.69, 9.17) is 9.47 Å². The molecule has 1 saturated heterocycles. The molecule has 0 saturated carbocycles. The minimum Gasteiger partial charge on any atom is -0.489 e. The lowest BCUT2D eigenvalue weighted by molar-refractivity contribution is -0.957. The van der Waals surface area contributed by atoms with Gasteiger partial charge in [0, 0.05) is 11.1 Å². The van der Waals surface area contributed by atoms with Crippen LogP contribution in [-0.2, 0) is 26.3 Å². The van der Waals surface area contributed by atoms with Crippen LogP contribution in [0, 0.1) is 0 Å². The first-order chi connectivity index (χ1) is 17.8. The van der Waals surface area contributed by atoms with Gasteiger partial charge in [-0.25, -0.2) is 0 Å². The second-order valence-electron chi connectivity index (χ2n) is 10.0. The quantitative estimate of drug-likeness (QED) is 0.219. The molecular formula is C33H36NO2+. The van der Waals surface area contributed by atoms with Crippen molar-refractivity contribution in [3.63, 3.8) is 0 Å². The van der Waals surface area contributed by atoms with Crippen LogP contribution in [0.5, 0.6) is 11.5 Å². The van der Waals surface area contributed by atoms with Crippen molar-refractivity contribution >= 4 is 0 Å². The second-order valence-corrected chi connectivity index (χ2v) is 10.0. The first kappa shape index (κ1) is 24.1. The highest BCUT2D eigenvalue weighted by molar-refractivity contribution is 5.29. The molecule has 4 aromatic rings. The summed E-state index contributed by atoms with van der Waals surface area (Å²) in [5.74, 6) is 1.86. The number of nitrogens with zero attached hydrogens (tertiary/aromatic N) is 1. The summed E-state index contributed by atoms with van der Waals surface area (Å²) in [4.78, 5) is 0. The molecule has 5 rings (SSSR count). The Morgan fingerprint density at radius 2 is 0.861 bits per heavy atom. The predicted molar refractivity (Wildman–Crippen MR) is 146 cm³/mol. The van der Waals surface area contributed by atoms with Gasteiger partial charge in [-0.2, -0.15) is 0 Å². The molecule has 0 amide bonds. The molecule has 0 unspecified atom stereocenters. The maximum Gasteiger partial charge on any atom is 0.119 e. The van der Waals surface area contributed by atoms with Crippen LogP contribution in [-0.4, -0.2) is 17.6 Å². The first-order valence-electron chi connectivity index (χ1n) is 13.1. The van der Waals surface area contributed by atoms with E-state index >= 15 is 0 Å². The molecule has 0 spiro atoms. The van der Waals surface area contributed by atoms with E-state index in [2.05, 4.69) is 97.1 Å². The lowest BCUT2D eigenvalue weighted by atomic mass is 10.0. The fourth-order valence-electron chi connectivity index (χ4n) is 5.19. The summed E-state index contributed by atoms with van der Waals surface area (Å²) < 4.78 is 13.1. The number of ether oxygens (including phenoxy) is 2. The summed E-state index contributed by atoms with van der Waals surface area (Å²) in [6.45, 7) is 5.80. The molecule has 0 bridgehead atoms. The molecule has 1 aliphatic heterocycles. The Hall–Kier alpha value is -3.56. The minimum absolute atomic E-state index is 0.602. The maximum absolute atomic E-state index is 6.00. The zero-order chi connectivity index (χ0) is 24.5. The van der Waals surface area contributed by atoms with Crippen LogP contribution < -0.4 is 9.47 Å². The molecule has 0 atom stereocenters. The second kappa shape index (κ2) is 11.9. The monoisotopic (exact) mass is 478 g/mol. The molecule has 0 N–H and O–H groups in total. The van der Waals surface area contributed by atoms with Gasteiger partial charge in [0.2, 0.25) is 0 Å². The molecule has 1 heterocycles. The Bertz CT molecular complexity index is 1090. The number of hydrogen-bond donors (Lipinski definition) is 0. The van der Waals surface area contributed by atoms with E-state index < -0.39 is 0 Å². The standard InChI is InChI=1S/C33H36NO2/c1-4-10-30(11-5-1)26-35-32-18-14-28(15-19-32)24-34(22-8-3-9-23-34)25-29-16-20-33(21-17-29)36-27-31-12-6-2-7-13-31/h1-2,4-7,10-21H,3,8-9,22-27H2/q+1. The van der Waals surface area contributed by atoms with E-state index in [1.165, 1.54) is 54.6 Å². The molecular weight excluding hydrogens is 442 g/mol. The summed E-state index contributed by atoms with van der Waals surface area (Å²) >= 11 is 0. The van der Waals surface area contributed by atoms with Crippen LogP contribution in [0.2, 0.25) is 0 Å². The van der Waals surface area contributed by atoms with Gasteiger partial charge < -0.3 is 14.0 Å². The van der Waals surface area contributed by atoms with E-state index in [-0.39, 0.29) is 0 Å². The molecule has 1 fully saturated rings. The fraction of sp³-hybridized carbons (Fsp3) is 0.273. The number of piperidine rings is 1. The molecule has 0 aromatic heterocycles. The highest BCUT2D eigenvalue weighted by Crippen LogP contribution is 2.28. The molecule has 1 aliphatic rings. The van der Waals surface area contributed by atoms with E-state index in [9.17, 15) is 0 Å². The summed E-state index contributed by atoms with van der Waals surface area (Å²) in [5, 5.41) is 0. The van der Waals surface area contributed by atoms with Gasteiger partial charge in [-0.1, -0.05) is 60.7 Å². The van der Waals surface area contributed by atoms with Crippen LogP contribution >= 0.6 is 0 Å². The van der Waals surface area contributed by atoms with Crippen LogP contribution in [0.1, 0.15) is 41.5 Å². The Morgan fingerprint density at radius 3 is 1.28 bits per heavy atom. The number of hydrogen-bond acceptors (Lipinski definition) is 2.